The molecule has 0 nitrogen and oxygen atoms in total. The van der Waals surface area contributed by atoms with Crippen LogP contribution in [0.4, 0.5) is 0 Å². The molecule has 0 saturated heterocycles. The van der Waals surface area contributed by atoms with E-state index >= 15 is 0 Å². The van der Waals surface area contributed by atoms with Crippen molar-refractivity contribution in [3.05, 3.63) is 72.3 Å². The van der Waals surface area contributed by atoms with Crippen LogP contribution in [0.5, 0.6) is 0 Å². The van der Waals surface area contributed by atoms with E-state index in [1.165, 1.54) is 9.07 Å². The Kier molecular flexibility index (Phi) is 8.18. The predicted molar refractivity (Wildman–Crippen MR) is 80.7 cm³/mol. The molecular formula is C14H17ClNiP. The maximum atomic E-state index is 3.93. The van der Waals surface area contributed by atoms with Gasteiger partial charge in [0, 0.05) is 0 Å². The van der Waals surface area contributed by atoms with Crippen LogP contribution < -0.4 is 9.07 Å². The van der Waals surface area contributed by atoms with Crippen LogP contribution in [0.2, 0.25) is 0 Å². The molecular weight excluding hydrogens is 293 g/mol. The maximum Gasteiger partial charge on any atom is -0.147 e. The summed E-state index contributed by atoms with van der Waals surface area (Å²) in [4.78, 5) is 0. The van der Waals surface area contributed by atoms with Gasteiger partial charge in [-0.25, -0.2) is 0 Å². The summed E-state index contributed by atoms with van der Waals surface area (Å²) in [6.07, 6.45) is 0. The van der Waals surface area contributed by atoms with Gasteiger partial charge in [0.15, 0.2) is 0 Å². The van der Waals surface area contributed by atoms with Gasteiger partial charge in [0.1, 0.15) is 0 Å². The van der Waals surface area contributed by atoms with E-state index in [9.17, 15) is 0 Å². The average Bonchev–Trinajstić information content (AvgIpc) is 2.33. The van der Waals surface area contributed by atoms with Crippen molar-refractivity contribution in [3.63, 3.8) is 0 Å². The van der Waals surface area contributed by atoms with Gasteiger partial charge in [-0.1, -0.05) is 0 Å². The molecule has 1 unspecified atom stereocenters. The van der Waals surface area contributed by atoms with Crippen LogP contribution in [0.3, 0.4) is 0 Å². The number of halogens is 1. The molecule has 0 aliphatic carbocycles. The molecule has 3 heteroatoms. The molecule has 0 radical (unpaired) electrons. The van der Waals surface area contributed by atoms with Crippen molar-refractivity contribution in [2.45, 2.75) is 0 Å². The molecule has 0 saturated carbocycles. The van der Waals surface area contributed by atoms with Gasteiger partial charge in [-0.15, -0.1) is 12.4 Å². The quantitative estimate of drug-likeness (QED) is 0.604. The van der Waals surface area contributed by atoms with Crippen molar-refractivity contribution >= 4 is 31.4 Å². The standard InChI is InChI=1S/2C6H5.C2H3.ClH.Ni.H3P/c2*1-2-4-6-5-3-1;1-2;;;/h2*1-5H;1H,2H2;1H;;1H3. The van der Waals surface area contributed by atoms with Gasteiger partial charge in [-0.2, -0.15) is 9.90 Å². The summed E-state index contributed by atoms with van der Waals surface area (Å²) in [5.41, 5.74) is 0. The van der Waals surface area contributed by atoms with Gasteiger partial charge in [0.2, 0.25) is 0 Å². The minimum Gasteiger partial charge on any atom is -0.153 e. The van der Waals surface area contributed by atoms with Crippen LogP contribution in [0, 0.1) is 0 Å². The normalized spacial score (nSPS) is 9.53. The molecule has 17 heavy (non-hydrogen) atoms. The molecule has 0 N–H and O–H groups in total. The Labute approximate surface area is 117 Å². The van der Waals surface area contributed by atoms with Crippen molar-refractivity contribution in [1.82, 2.24) is 0 Å². The first-order chi connectivity index (χ1) is 7.42. The summed E-state index contributed by atoms with van der Waals surface area (Å²) in [6, 6.07) is 21.0. The summed E-state index contributed by atoms with van der Waals surface area (Å²) in [5, 5.41) is 2.03. The van der Waals surface area contributed by atoms with E-state index in [4.69, 9.17) is 0 Å². The van der Waals surface area contributed by atoms with Crippen molar-refractivity contribution in [2.75, 3.05) is 0 Å². The minimum atomic E-state index is -0.141. The van der Waals surface area contributed by atoms with Crippen LogP contribution >= 0.6 is 22.3 Å². The van der Waals surface area contributed by atoms with Gasteiger partial charge < -0.3 is 0 Å². The number of hydrogen-bond donors (Lipinski definition) is 0. The van der Waals surface area contributed by atoms with E-state index in [1.807, 2.05) is 17.2 Å². The largest absolute Gasteiger partial charge is 0.153 e. The van der Waals surface area contributed by atoms with Gasteiger partial charge in [0.05, 0.1) is 0 Å². The molecule has 0 aromatic heterocycles. The SMILES string of the molecule is C=[CH][Ni]([c]1ccccc1)[c]1ccccc1.Cl.P. The van der Waals surface area contributed by atoms with Gasteiger partial charge in [-0.3, -0.25) is 0 Å². The second-order valence-corrected chi connectivity index (χ2v) is 5.27. The number of benzene rings is 2. The van der Waals surface area contributed by atoms with E-state index in [1.54, 1.807) is 0 Å². The van der Waals surface area contributed by atoms with Crippen LogP contribution in [-0.4, -0.2) is 0 Å². The second-order valence-electron chi connectivity index (χ2n) is 2.91. The smallest absolute Gasteiger partial charge is 0.147 e. The molecule has 0 aliphatic heterocycles. The van der Waals surface area contributed by atoms with Gasteiger partial charge >= 0.3 is 94.8 Å². The molecule has 0 bridgehead atoms. The van der Waals surface area contributed by atoms with Crippen molar-refractivity contribution in [3.8, 4) is 0 Å². The van der Waals surface area contributed by atoms with Crippen LogP contribution in [0.25, 0.3) is 0 Å². The summed E-state index contributed by atoms with van der Waals surface area (Å²) in [7, 11) is 0. The third kappa shape index (κ3) is 4.28. The van der Waals surface area contributed by atoms with Crippen LogP contribution in [-0.2, 0) is 13.4 Å². The monoisotopic (exact) mass is 309 g/mol. The third-order valence-electron chi connectivity index (χ3n) is 1.95. The Balaban J connectivity index is 0.00000128. The Bertz CT molecular complexity index is 391. The fourth-order valence-corrected chi connectivity index (χ4v) is 3.17. The Hall–Kier alpha value is -0.606. The van der Waals surface area contributed by atoms with Gasteiger partial charge in [-0.05, 0) is 0 Å². The summed E-state index contributed by atoms with van der Waals surface area (Å²) < 4.78 is 2.66. The topological polar surface area (TPSA) is 0 Å². The molecule has 1 atom stereocenters. The van der Waals surface area contributed by atoms with Crippen molar-refractivity contribution in [2.24, 2.45) is 0 Å². The molecule has 2 rings (SSSR count). The van der Waals surface area contributed by atoms with Crippen molar-refractivity contribution in [1.29, 1.82) is 0 Å². The number of hydrogen-bond acceptors (Lipinski definition) is 0. The third-order valence-corrected chi connectivity index (χ3v) is 4.24. The molecule has 2 aromatic rings. The first kappa shape index (κ1) is 16.4. The molecule has 95 valence electrons. The predicted octanol–water partition coefficient (Wildman–Crippen LogP) is 2.88. The molecule has 0 heterocycles. The molecule has 0 amide bonds. The molecule has 2 aromatic carbocycles. The van der Waals surface area contributed by atoms with Crippen molar-refractivity contribution < 1.29 is 13.4 Å². The molecule has 0 spiro atoms. The van der Waals surface area contributed by atoms with E-state index in [0.717, 1.165) is 0 Å². The minimum absolute atomic E-state index is 0. The van der Waals surface area contributed by atoms with Crippen LogP contribution in [0.15, 0.2) is 72.3 Å². The first-order valence-corrected chi connectivity index (χ1v) is 6.29. The molecule has 0 fully saturated rings. The van der Waals surface area contributed by atoms with E-state index < -0.39 is 0 Å². The summed E-state index contributed by atoms with van der Waals surface area (Å²) in [5.74, 6) is 0. The zero-order chi connectivity index (χ0) is 10.5. The van der Waals surface area contributed by atoms with Gasteiger partial charge in [0.25, 0.3) is 0 Å². The van der Waals surface area contributed by atoms with E-state index in [0.29, 0.717) is 0 Å². The van der Waals surface area contributed by atoms with E-state index in [2.05, 4.69) is 55.1 Å². The van der Waals surface area contributed by atoms with Crippen LogP contribution in [0.1, 0.15) is 0 Å². The van der Waals surface area contributed by atoms with E-state index in [-0.39, 0.29) is 35.7 Å². The first-order valence-electron chi connectivity index (χ1n) is 4.73. The second kappa shape index (κ2) is 8.48. The fraction of sp³-hybridized carbons (Fsp3) is 0. The fourth-order valence-electron chi connectivity index (χ4n) is 1.29. The summed E-state index contributed by atoms with van der Waals surface area (Å²) >= 11 is -0.141. The zero-order valence-corrected chi connectivity index (χ0v) is 12.7. The summed E-state index contributed by atoms with van der Waals surface area (Å²) in [6.45, 7) is 3.93. The Morgan fingerprint density at radius 3 is 1.41 bits per heavy atom. The Morgan fingerprint density at radius 2 is 1.12 bits per heavy atom. The molecule has 0 aliphatic rings. The Morgan fingerprint density at radius 1 is 0.765 bits per heavy atom. The average molecular weight is 310 g/mol. The number of rotatable bonds is 3. The zero-order valence-electron chi connectivity index (χ0n) is 9.49. The maximum absolute atomic E-state index is 3.93.